The van der Waals surface area contributed by atoms with Gasteiger partial charge < -0.3 is 15.5 Å². The Hall–Kier alpha value is -1.40. The number of hydrogen-bond donors (Lipinski definition) is 3. The minimum Gasteiger partial charge on any atom is -0.378 e. The lowest BCUT2D eigenvalue weighted by molar-refractivity contribution is 0.108. The van der Waals surface area contributed by atoms with Crippen LogP contribution >= 0.6 is 0 Å². The predicted molar refractivity (Wildman–Crippen MR) is 75.8 cm³/mol. The van der Waals surface area contributed by atoms with E-state index < -0.39 is 0 Å². The molecule has 1 fully saturated rings. The van der Waals surface area contributed by atoms with Crippen molar-refractivity contribution in [3.05, 3.63) is 11.9 Å². The molecule has 6 nitrogen and oxygen atoms in total. The van der Waals surface area contributed by atoms with E-state index in [-0.39, 0.29) is 0 Å². The first-order chi connectivity index (χ1) is 9.26. The molecule has 19 heavy (non-hydrogen) atoms. The number of aromatic nitrogens is 2. The van der Waals surface area contributed by atoms with Crippen LogP contribution in [0, 0.1) is 5.92 Å². The van der Waals surface area contributed by atoms with Crippen molar-refractivity contribution >= 4 is 11.6 Å². The number of nitrogen functional groups attached to an aromatic ring is 1. The van der Waals surface area contributed by atoms with Crippen molar-refractivity contribution < 1.29 is 4.74 Å². The van der Waals surface area contributed by atoms with Crippen LogP contribution in [0.25, 0.3) is 0 Å². The van der Waals surface area contributed by atoms with Gasteiger partial charge in [-0.2, -0.15) is 0 Å². The summed E-state index contributed by atoms with van der Waals surface area (Å²) in [6.07, 6.45) is 4.88. The monoisotopic (exact) mass is 265 g/mol. The number of anilines is 2. The van der Waals surface area contributed by atoms with Gasteiger partial charge in [-0.25, -0.2) is 15.8 Å². The lowest BCUT2D eigenvalue weighted by atomic mass is 10.0. The fourth-order valence-corrected chi connectivity index (χ4v) is 2.45. The molecule has 106 valence electrons. The highest BCUT2D eigenvalue weighted by Crippen LogP contribution is 2.24. The molecule has 1 aromatic rings. The first kappa shape index (κ1) is 14.0. The van der Waals surface area contributed by atoms with Gasteiger partial charge in [0.1, 0.15) is 18.0 Å². The Balaban J connectivity index is 2.06. The second-order valence-corrected chi connectivity index (χ2v) is 4.95. The number of hydrogen-bond acceptors (Lipinski definition) is 6. The molecular formula is C13H23N5O. The highest BCUT2D eigenvalue weighted by molar-refractivity contribution is 5.56. The molecule has 6 heteroatoms. The van der Waals surface area contributed by atoms with Gasteiger partial charge in [0, 0.05) is 24.6 Å². The van der Waals surface area contributed by atoms with Crippen molar-refractivity contribution in [1.29, 1.82) is 0 Å². The summed E-state index contributed by atoms with van der Waals surface area (Å²) in [6, 6.07) is 0. The van der Waals surface area contributed by atoms with Gasteiger partial charge in [-0.05, 0) is 19.8 Å². The molecule has 1 aromatic heterocycles. The highest BCUT2D eigenvalue weighted by Gasteiger charge is 2.24. The molecule has 0 spiro atoms. The molecule has 1 saturated heterocycles. The van der Waals surface area contributed by atoms with Crippen LogP contribution in [0.3, 0.4) is 0 Å². The number of ether oxygens (including phenoxy) is 1. The van der Waals surface area contributed by atoms with Gasteiger partial charge in [0.25, 0.3) is 0 Å². The van der Waals surface area contributed by atoms with E-state index in [1.165, 1.54) is 6.33 Å². The quantitative estimate of drug-likeness (QED) is 0.534. The van der Waals surface area contributed by atoms with Crippen molar-refractivity contribution in [2.45, 2.75) is 39.2 Å². The van der Waals surface area contributed by atoms with Crippen molar-refractivity contribution in [2.75, 3.05) is 23.9 Å². The van der Waals surface area contributed by atoms with E-state index in [2.05, 4.69) is 34.6 Å². The van der Waals surface area contributed by atoms with Crippen molar-refractivity contribution in [2.24, 2.45) is 11.8 Å². The molecular weight excluding hydrogens is 242 g/mol. The Labute approximate surface area is 114 Å². The smallest absolute Gasteiger partial charge is 0.148 e. The number of rotatable bonds is 6. The summed E-state index contributed by atoms with van der Waals surface area (Å²) < 4.78 is 5.57. The molecule has 1 aliphatic heterocycles. The van der Waals surface area contributed by atoms with Crippen LogP contribution < -0.4 is 16.6 Å². The second kappa shape index (κ2) is 6.68. The van der Waals surface area contributed by atoms with Crippen LogP contribution in [-0.2, 0) is 11.2 Å². The fraction of sp³-hybridized carbons (Fsp3) is 0.692. The van der Waals surface area contributed by atoms with Crippen LogP contribution in [0.1, 0.15) is 32.3 Å². The minimum atomic E-state index is 0.316. The Morgan fingerprint density at radius 2 is 2.21 bits per heavy atom. The summed E-state index contributed by atoms with van der Waals surface area (Å²) in [5.41, 5.74) is 3.70. The van der Waals surface area contributed by atoms with Gasteiger partial charge in [-0.15, -0.1) is 0 Å². The van der Waals surface area contributed by atoms with E-state index in [1.807, 2.05) is 0 Å². The summed E-state index contributed by atoms with van der Waals surface area (Å²) in [4.78, 5) is 8.49. The third-order valence-corrected chi connectivity index (χ3v) is 3.65. The fourth-order valence-electron chi connectivity index (χ4n) is 2.45. The normalized spacial score (nSPS) is 22.5. The summed E-state index contributed by atoms with van der Waals surface area (Å²) in [7, 11) is 0. The standard InChI is InChI=1S/C13H23N5O/c1-3-4-11-12(16-8-17-13(11)18-14)15-7-10-5-6-19-9(10)2/h8-10H,3-7,14H2,1-2H3,(H2,15,16,17,18). The van der Waals surface area contributed by atoms with Crippen molar-refractivity contribution in [3.8, 4) is 0 Å². The predicted octanol–water partition coefficient (Wildman–Crippen LogP) is 1.55. The van der Waals surface area contributed by atoms with E-state index in [0.29, 0.717) is 17.8 Å². The Bertz CT molecular complexity index is 412. The zero-order valence-electron chi connectivity index (χ0n) is 11.6. The van der Waals surface area contributed by atoms with Crippen LogP contribution in [0.15, 0.2) is 6.33 Å². The molecule has 0 radical (unpaired) electrons. The number of nitrogens with one attached hydrogen (secondary N) is 2. The molecule has 2 atom stereocenters. The van der Waals surface area contributed by atoms with E-state index in [0.717, 1.165) is 43.8 Å². The Morgan fingerprint density at radius 3 is 2.84 bits per heavy atom. The van der Waals surface area contributed by atoms with Gasteiger partial charge in [0.15, 0.2) is 0 Å². The maximum absolute atomic E-state index is 5.57. The molecule has 0 bridgehead atoms. The molecule has 1 aliphatic rings. The van der Waals surface area contributed by atoms with E-state index in [1.54, 1.807) is 0 Å². The second-order valence-electron chi connectivity index (χ2n) is 4.95. The van der Waals surface area contributed by atoms with Gasteiger partial charge >= 0.3 is 0 Å². The van der Waals surface area contributed by atoms with Gasteiger partial charge in [0.2, 0.25) is 0 Å². The van der Waals surface area contributed by atoms with E-state index in [4.69, 9.17) is 10.6 Å². The molecule has 0 aliphatic carbocycles. The molecule has 0 amide bonds. The maximum atomic E-state index is 5.57. The lowest BCUT2D eigenvalue weighted by Crippen LogP contribution is -2.22. The topological polar surface area (TPSA) is 85.1 Å². The summed E-state index contributed by atoms with van der Waals surface area (Å²) in [6.45, 7) is 5.98. The van der Waals surface area contributed by atoms with E-state index in [9.17, 15) is 0 Å². The third-order valence-electron chi connectivity index (χ3n) is 3.65. The largest absolute Gasteiger partial charge is 0.378 e. The van der Waals surface area contributed by atoms with Crippen molar-refractivity contribution in [3.63, 3.8) is 0 Å². The molecule has 2 rings (SSSR count). The zero-order valence-corrected chi connectivity index (χ0v) is 11.6. The first-order valence-electron chi connectivity index (χ1n) is 6.92. The third kappa shape index (κ3) is 3.33. The average Bonchev–Trinajstić information content (AvgIpc) is 2.83. The minimum absolute atomic E-state index is 0.316. The van der Waals surface area contributed by atoms with Crippen LogP contribution in [0.5, 0.6) is 0 Å². The molecule has 4 N–H and O–H groups in total. The Morgan fingerprint density at radius 1 is 1.42 bits per heavy atom. The number of nitrogens with zero attached hydrogens (tertiary/aromatic N) is 2. The van der Waals surface area contributed by atoms with Gasteiger partial charge in [0.05, 0.1) is 6.10 Å². The summed E-state index contributed by atoms with van der Waals surface area (Å²) >= 11 is 0. The molecule has 2 heterocycles. The van der Waals surface area contributed by atoms with Crippen LogP contribution in [-0.4, -0.2) is 29.2 Å². The highest BCUT2D eigenvalue weighted by atomic mass is 16.5. The first-order valence-corrected chi connectivity index (χ1v) is 6.92. The Kier molecular flexibility index (Phi) is 4.93. The van der Waals surface area contributed by atoms with Gasteiger partial charge in [-0.3, -0.25) is 0 Å². The average molecular weight is 265 g/mol. The number of hydrazine groups is 1. The van der Waals surface area contributed by atoms with Crippen molar-refractivity contribution in [1.82, 2.24) is 9.97 Å². The summed E-state index contributed by atoms with van der Waals surface area (Å²) in [5.74, 6) is 7.62. The van der Waals surface area contributed by atoms with Crippen LogP contribution in [0.4, 0.5) is 11.6 Å². The summed E-state index contributed by atoms with van der Waals surface area (Å²) in [5, 5.41) is 3.42. The maximum Gasteiger partial charge on any atom is 0.148 e. The van der Waals surface area contributed by atoms with Crippen LogP contribution in [0.2, 0.25) is 0 Å². The van der Waals surface area contributed by atoms with Gasteiger partial charge in [-0.1, -0.05) is 13.3 Å². The zero-order chi connectivity index (χ0) is 13.7. The molecule has 2 unspecified atom stereocenters. The number of nitrogens with two attached hydrogens (primary N) is 1. The molecule has 0 saturated carbocycles. The SMILES string of the molecule is CCCc1c(NN)ncnc1NCC1CCOC1C. The lowest BCUT2D eigenvalue weighted by Gasteiger charge is -2.17. The molecule has 0 aromatic carbocycles. The van der Waals surface area contributed by atoms with E-state index >= 15 is 0 Å².